The van der Waals surface area contributed by atoms with E-state index in [2.05, 4.69) is 36.0 Å². The quantitative estimate of drug-likeness (QED) is 0.865. The molecule has 5 nitrogen and oxygen atoms in total. The lowest BCUT2D eigenvalue weighted by Gasteiger charge is -2.18. The summed E-state index contributed by atoms with van der Waals surface area (Å²) in [6, 6.07) is 7.66. The molecule has 1 N–H and O–H groups in total. The second kappa shape index (κ2) is 4.61. The molecule has 19 heavy (non-hydrogen) atoms. The summed E-state index contributed by atoms with van der Waals surface area (Å²) >= 11 is 0. The van der Waals surface area contributed by atoms with Crippen molar-refractivity contribution in [3.63, 3.8) is 0 Å². The van der Waals surface area contributed by atoms with E-state index >= 15 is 0 Å². The molecule has 0 spiro atoms. The van der Waals surface area contributed by atoms with Crippen LogP contribution >= 0.6 is 10.7 Å². The van der Waals surface area contributed by atoms with Crippen LogP contribution < -0.4 is 0 Å². The van der Waals surface area contributed by atoms with Crippen molar-refractivity contribution in [2.24, 2.45) is 0 Å². The Hall–Kier alpha value is -1.40. The van der Waals surface area contributed by atoms with E-state index in [0.717, 1.165) is 5.56 Å². The largest absolute Gasteiger partial charge is 0.296 e. The van der Waals surface area contributed by atoms with Crippen molar-refractivity contribution in [1.29, 1.82) is 0 Å². The van der Waals surface area contributed by atoms with Gasteiger partial charge in [-0.25, -0.2) is 13.5 Å². The Balaban J connectivity index is 2.36. The summed E-state index contributed by atoms with van der Waals surface area (Å²) in [5.74, 6) is 0.305. The molecule has 0 atom stereocenters. The van der Waals surface area contributed by atoms with Crippen LogP contribution in [-0.2, 0) is 14.5 Å². The maximum atomic E-state index is 11.1. The Morgan fingerprint density at radius 1 is 1.16 bits per heavy atom. The van der Waals surface area contributed by atoms with E-state index in [1.165, 1.54) is 5.56 Å². The third kappa shape index (κ3) is 3.13. The second-order valence-corrected chi connectivity index (χ2v) is 7.71. The van der Waals surface area contributed by atoms with Crippen LogP contribution in [0.2, 0.25) is 0 Å². The molecule has 0 unspecified atom stereocenters. The summed E-state index contributed by atoms with van der Waals surface area (Å²) in [4.78, 5) is 3.86. The minimum Gasteiger partial charge on any atom is -0.248 e. The van der Waals surface area contributed by atoms with Gasteiger partial charge >= 0.3 is 0 Å². The maximum absolute atomic E-state index is 11.1. The molecule has 1 heterocycles. The highest BCUT2D eigenvalue weighted by atomic mass is 35.7. The SMILES string of the molecule is CC(C)(C)c1ccc(-c2n[nH]c(S(=O)(=O)Cl)n2)cc1. The Kier molecular flexibility index (Phi) is 3.40. The number of aromatic nitrogens is 3. The minimum absolute atomic E-state index is 0.0577. The lowest BCUT2D eigenvalue weighted by molar-refractivity contribution is 0.590. The van der Waals surface area contributed by atoms with Gasteiger partial charge < -0.3 is 0 Å². The number of nitrogens with one attached hydrogen (secondary N) is 1. The Morgan fingerprint density at radius 2 is 1.74 bits per heavy atom. The van der Waals surface area contributed by atoms with Gasteiger partial charge in [-0.3, -0.25) is 0 Å². The third-order valence-electron chi connectivity index (χ3n) is 2.70. The molecule has 102 valence electrons. The first-order chi connectivity index (χ1) is 8.68. The number of hydrogen-bond acceptors (Lipinski definition) is 4. The van der Waals surface area contributed by atoms with Crippen LogP contribution in [0, 0.1) is 0 Å². The third-order valence-corrected chi connectivity index (χ3v) is 3.79. The normalized spacial score (nSPS) is 12.6. The van der Waals surface area contributed by atoms with Gasteiger partial charge in [0.2, 0.25) is 0 Å². The Labute approximate surface area is 116 Å². The van der Waals surface area contributed by atoms with Crippen LogP contribution in [0.15, 0.2) is 29.4 Å². The smallest absolute Gasteiger partial charge is 0.248 e. The van der Waals surface area contributed by atoms with E-state index in [9.17, 15) is 8.42 Å². The summed E-state index contributed by atoms with van der Waals surface area (Å²) in [5.41, 5.74) is 1.97. The fourth-order valence-electron chi connectivity index (χ4n) is 1.60. The molecule has 2 rings (SSSR count). The standard InChI is InChI=1S/C12H14ClN3O2S/c1-12(2,3)9-6-4-8(5-7-9)10-14-11(16-15-10)19(13,17)18/h4-7H,1-3H3,(H,14,15,16). The molecule has 0 aliphatic rings. The zero-order chi connectivity index (χ0) is 14.3. The van der Waals surface area contributed by atoms with Gasteiger partial charge in [0.05, 0.1) is 0 Å². The van der Waals surface area contributed by atoms with E-state index in [4.69, 9.17) is 10.7 Å². The van der Waals surface area contributed by atoms with Gasteiger partial charge in [-0.05, 0) is 11.0 Å². The lowest BCUT2D eigenvalue weighted by atomic mass is 9.87. The van der Waals surface area contributed by atoms with Crippen LogP contribution in [0.5, 0.6) is 0 Å². The van der Waals surface area contributed by atoms with Crippen molar-refractivity contribution >= 4 is 19.7 Å². The van der Waals surface area contributed by atoms with Crippen molar-refractivity contribution in [1.82, 2.24) is 15.2 Å². The highest BCUT2D eigenvalue weighted by molar-refractivity contribution is 8.13. The Morgan fingerprint density at radius 3 is 2.16 bits per heavy atom. The second-order valence-electron chi connectivity index (χ2n) is 5.23. The van der Waals surface area contributed by atoms with Crippen molar-refractivity contribution in [2.45, 2.75) is 31.3 Å². The summed E-state index contributed by atoms with van der Waals surface area (Å²) in [6.45, 7) is 6.35. The molecular formula is C12H14ClN3O2S. The van der Waals surface area contributed by atoms with Gasteiger partial charge in [0.15, 0.2) is 5.82 Å². The molecule has 0 radical (unpaired) electrons. The first-order valence-electron chi connectivity index (χ1n) is 5.66. The summed E-state index contributed by atoms with van der Waals surface area (Å²) in [7, 11) is 1.30. The molecule has 1 aromatic carbocycles. The minimum atomic E-state index is -3.88. The molecule has 2 aromatic rings. The van der Waals surface area contributed by atoms with Crippen molar-refractivity contribution in [3.8, 4) is 11.4 Å². The average Bonchev–Trinajstić information content (AvgIpc) is 2.77. The van der Waals surface area contributed by atoms with Gasteiger partial charge in [-0.15, -0.1) is 0 Å². The van der Waals surface area contributed by atoms with E-state index in [1.54, 1.807) is 0 Å². The fraction of sp³-hybridized carbons (Fsp3) is 0.333. The van der Waals surface area contributed by atoms with E-state index in [1.807, 2.05) is 24.3 Å². The molecule has 7 heteroatoms. The average molecular weight is 300 g/mol. The predicted molar refractivity (Wildman–Crippen MR) is 73.6 cm³/mol. The zero-order valence-corrected chi connectivity index (χ0v) is 12.4. The first-order valence-corrected chi connectivity index (χ1v) is 7.97. The van der Waals surface area contributed by atoms with E-state index in [0.29, 0.717) is 5.82 Å². The Bertz CT molecular complexity index is 685. The summed E-state index contributed by atoms with van der Waals surface area (Å²) in [5, 5.41) is 5.81. The molecule has 0 aliphatic heterocycles. The highest BCUT2D eigenvalue weighted by Crippen LogP contribution is 2.25. The van der Waals surface area contributed by atoms with Crippen LogP contribution in [0.1, 0.15) is 26.3 Å². The molecule has 0 saturated carbocycles. The highest BCUT2D eigenvalue weighted by Gasteiger charge is 2.17. The van der Waals surface area contributed by atoms with E-state index < -0.39 is 9.05 Å². The number of aromatic amines is 1. The van der Waals surface area contributed by atoms with Crippen molar-refractivity contribution in [2.75, 3.05) is 0 Å². The summed E-state index contributed by atoms with van der Waals surface area (Å²) in [6.07, 6.45) is 0. The number of H-pyrrole nitrogens is 1. The van der Waals surface area contributed by atoms with Gasteiger partial charge in [0.1, 0.15) is 0 Å². The topological polar surface area (TPSA) is 75.7 Å². The van der Waals surface area contributed by atoms with Gasteiger partial charge in [-0.2, -0.15) is 10.1 Å². The van der Waals surface area contributed by atoms with Crippen LogP contribution in [-0.4, -0.2) is 23.6 Å². The fourth-order valence-corrected chi connectivity index (χ4v) is 2.16. The molecule has 0 amide bonds. The van der Waals surface area contributed by atoms with Crippen LogP contribution in [0.3, 0.4) is 0 Å². The number of rotatable bonds is 2. The molecule has 0 aliphatic carbocycles. The van der Waals surface area contributed by atoms with Crippen molar-refractivity contribution < 1.29 is 8.42 Å². The summed E-state index contributed by atoms with van der Waals surface area (Å²) < 4.78 is 22.2. The first kappa shape index (κ1) is 14.0. The van der Waals surface area contributed by atoms with Crippen LogP contribution in [0.25, 0.3) is 11.4 Å². The van der Waals surface area contributed by atoms with Crippen molar-refractivity contribution in [3.05, 3.63) is 29.8 Å². The number of nitrogens with zero attached hydrogens (tertiary/aromatic N) is 2. The lowest BCUT2D eigenvalue weighted by Crippen LogP contribution is -2.10. The molecular weight excluding hydrogens is 286 g/mol. The zero-order valence-electron chi connectivity index (χ0n) is 10.8. The van der Waals surface area contributed by atoms with Gasteiger partial charge in [0, 0.05) is 16.2 Å². The maximum Gasteiger partial charge on any atom is 0.296 e. The van der Waals surface area contributed by atoms with Gasteiger partial charge in [-0.1, -0.05) is 45.0 Å². The number of halogens is 1. The molecule has 1 aromatic heterocycles. The monoisotopic (exact) mass is 299 g/mol. The molecule has 0 fully saturated rings. The predicted octanol–water partition coefficient (Wildman–Crippen LogP) is 2.70. The van der Waals surface area contributed by atoms with E-state index in [-0.39, 0.29) is 10.6 Å². The number of hydrogen-bond donors (Lipinski definition) is 1. The van der Waals surface area contributed by atoms with Gasteiger partial charge in [0.25, 0.3) is 14.2 Å². The molecule has 0 bridgehead atoms. The number of benzene rings is 1. The molecule has 0 saturated heterocycles. The van der Waals surface area contributed by atoms with Crippen LogP contribution in [0.4, 0.5) is 0 Å².